The summed E-state index contributed by atoms with van der Waals surface area (Å²) >= 11 is 0. The quantitative estimate of drug-likeness (QED) is 0.536. The Labute approximate surface area is 85.7 Å². The molecule has 0 atom stereocenters. The van der Waals surface area contributed by atoms with Crippen LogP contribution in [0, 0.1) is 6.92 Å². The second kappa shape index (κ2) is 4.08. The Bertz CT molecular complexity index is 469. The summed E-state index contributed by atoms with van der Waals surface area (Å²) in [5, 5.41) is 0. The van der Waals surface area contributed by atoms with E-state index in [-0.39, 0.29) is 22.7 Å². The zero-order valence-corrected chi connectivity index (χ0v) is 8.62. The van der Waals surface area contributed by atoms with E-state index in [1.165, 1.54) is 21.0 Å². The molecular formula is C10H10O5. The van der Waals surface area contributed by atoms with E-state index in [1.54, 1.807) is 0 Å². The number of methoxy groups -OCH3 is 1. The average Bonchev–Trinajstić information content (AvgIpc) is 2.14. The number of rotatable bonds is 2. The average molecular weight is 210 g/mol. The van der Waals surface area contributed by atoms with Gasteiger partial charge in [-0.1, -0.05) is 0 Å². The first-order valence-electron chi connectivity index (χ1n) is 4.21. The van der Waals surface area contributed by atoms with Gasteiger partial charge in [-0.05, 0) is 13.8 Å². The van der Waals surface area contributed by atoms with Crippen molar-refractivity contribution >= 4 is 11.8 Å². The second-order valence-corrected chi connectivity index (χ2v) is 2.96. The molecule has 0 saturated heterocycles. The summed E-state index contributed by atoms with van der Waals surface area (Å²) in [5.74, 6) is -0.955. The first kappa shape index (κ1) is 11.2. The van der Waals surface area contributed by atoms with E-state index in [2.05, 4.69) is 4.74 Å². The van der Waals surface area contributed by atoms with Gasteiger partial charge in [0.05, 0.1) is 18.2 Å². The van der Waals surface area contributed by atoms with E-state index in [1.807, 2.05) is 0 Å². The van der Waals surface area contributed by atoms with Crippen LogP contribution < -0.4 is 5.63 Å². The molecule has 1 heterocycles. The van der Waals surface area contributed by atoms with Crippen molar-refractivity contribution in [2.75, 3.05) is 7.11 Å². The van der Waals surface area contributed by atoms with Gasteiger partial charge in [-0.15, -0.1) is 0 Å². The molecular weight excluding hydrogens is 200 g/mol. The number of carbonyl (C=O) groups is 2. The molecule has 0 fully saturated rings. The Balaban J connectivity index is 3.54. The van der Waals surface area contributed by atoms with E-state index < -0.39 is 11.6 Å². The molecule has 0 aliphatic carbocycles. The number of carbonyl (C=O) groups excluding carboxylic acids is 2. The van der Waals surface area contributed by atoms with Crippen molar-refractivity contribution in [1.29, 1.82) is 0 Å². The van der Waals surface area contributed by atoms with Gasteiger partial charge >= 0.3 is 11.6 Å². The van der Waals surface area contributed by atoms with Gasteiger partial charge in [-0.25, -0.2) is 9.59 Å². The zero-order valence-electron chi connectivity index (χ0n) is 8.62. The number of ketones is 1. The van der Waals surface area contributed by atoms with Gasteiger partial charge in [0.1, 0.15) is 5.76 Å². The first-order valence-corrected chi connectivity index (χ1v) is 4.21. The molecule has 1 aromatic heterocycles. The van der Waals surface area contributed by atoms with E-state index in [0.717, 1.165) is 6.07 Å². The molecule has 0 N–H and O–H groups in total. The Morgan fingerprint density at radius 1 is 1.40 bits per heavy atom. The van der Waals surface area contributed by atoms with Crippen LogP contribution in [0.4, 0.5) is 0 Å². The minimum Gasteiger partial charge on any atom is -0.465 e. The lowest BCUT2D eigenvalue weighted by Crippen LogP contribution is -2.15. The van der Waals surface area contributed by atoms with Gasteiger partial charge in [0.2, 0.25) is 0 Å². The largest absolute Gasteiger partial charge is 0.465 e. The highest BCUT2D eigenvalue weighted by Crippen LogP contribution is 2.13. The number of ether oxygens (including phenoxy) is 1. The Kier molecular flexibility index (Phi) is 3.04. The number of aryl methyl sites for hydroxylation is 1. The van der Waals surface area contributed by atoms with Gasteiger partial charge in [0, 0.05) is 6.07 Å². The summed E-state index contributed by atoms with van der Waals surface area (Å²) in [7, 11) is 1.18. The third kappa shape index (κ3) is 2.12. The van der Waals surface area contributed by atoms with E-state index in [9.17, 15) is 14.4 Å². The summed E-state index contributed by atoms with van der Waals surface area (Å²) in [6.07, 6.45) is 0. The number of hydrogen-bond donors (Lipinski definition) is 0. The van der Waals surface area contributed by atoms with Crippen molar-refractivity contribution in [3.63, 3.8) is 0 Å². The summed E-state index contributed by atoms with van der Waals surface area (Å²) in [5.41, 5.74) is -0.655. The smallest absolute Gasteiger partial charge is 0.338 e. The molecule has 0 unspecified atom stereocenters. The number of hydrogen-bond acceptors (Lipinski definition) is 5. The standard InChI is InChI=1S/C10H10O5/c1-5(11)9-6(2)15-8(12)4-7(9)10(13)14-3/h4H,1-3H3. The lowest BCUT2D eigenvalue weighted by Gasteiger charge is -2.05. The molecule has 0 bridgehead atoms. The van der Waals surface area contributed by atoms with Gasteiger partial charge in [0.15, 0.2) is 5.78 Å². The van der Waals surface area contributed by atoms with Gasteiger partial charge in [-0.2, -0.15) is 0 Å². The third-order valence-electron chi connectivity index (χ3n) is 1.89. The predicted octanol–water partition coefficient (Wildman–Crippen LogP) is 0.937. The maximum Gasteiger partial charge on any atom is 0.338 e. The molecule has 0 aliphatic rings. The molecule has 0 amide bonds. The Morgan fingerprint density at radius 2 is 2.00 bits per heavy atom. The third-order valence-corrected chi connectivity index (χ3v) is 1.89. The van der Waals surface area contributed by atoms with Crippen molar-refractivity contribution in [2.24, 2.45) is 0 Å². The van der Waals surface area contributed by atoms with Crippen molar-refractivity contribution in [2.45, 2.75) is 13.8 Å². The highest BCUT2D eigenvalue weighted by atomic mass is 16.5. The highest BCUT2D eigenvalue weighted by molar-refractivity contribution is 6.05. The minimum absolute atomic E-state index is 0.0567. The molecule has 1 aromatic rings. The molecule has 0 radical (unpaired) electrons. The fourth-order valence-corrected chi connectivity index (χ4v) is 1.32. The van der Waals surface area contributed by atoms with Gasteiger partial charge in [0.25, 0.3) is 0 Å². The molecule has 0 aliphatic heterocycles. The predicted molar refractivity (Wildman–Crippen MR) is 51.1 cm³/mol. The maximum absolute atomic E-state index is 11.3. The van der Waals surface area contributed by atoms with Crippen molar-refractivity contribution in [3.8, 4) is 0 Å². The lowest BCUT2D eigenvalue weighted by molar-refractivity contribution is 0.0595. The molecule has 0 saturated carbocycles. The maximum atomic E-state index is 11.3. The van der Waals surface area contributed by atoms with Crippen LogP contribution in [0.25, 0.3) is 0 Å². The molecule has 0 spiro atoms. The summed E-state index contributed by atoms with van der Waals surface area (Å²) < 4.78 is 9.19. The summed E-state index contributed by atoms with van der Waals surface area (Å²) in [6, 6.07) is 0.954. The van der Waals surface area contributed by atoms with Crippen LogP contribution in [-0.2, 0) is 4.74 Å². The fourth-order valence-electron chi connectivity index (χ4n) is 1.32. The first-order chi connectivity index (χ1) is 6.97. The molecule has 5 heteroatoms. The Hall–Kier alpha value is -1.91. The normalized spacial score (nSPS) is 9.80. The van der Waals surface area contributed by atoms with Crippen LogP contribution in [0.2, 0.25) is 0 Å². The zero-order chi connectivity index (χ0) is 11.6. The van der Waals surface area contributed by atoms with E-state index in [4.69, 9.17) is 4.42 Å². The van der Waals surface area contributed by atoms with Crippen molar-refractivity contribution in [1.82, 2.24) is 0 Å². The van der Waals surface area contributed by atoms with Gasteiger partial charge < -0.3 is 9.15 Å². The number of esters is 1. The van der Waals surface area contributed by atoms with Crippen LogP contribution in [0.3, 0.4) is 0 Å². The second-order valence-electron chi connectivity index (χ2n) is 2.96. The lowest BCUT2D eigenvalue weighted by atomic mass is 10.1. The van der Waals surface area contributed by atoms with Gasteiger partial charge in [-0.3, -0.25) is 4.79 Å². The molecule has 1 rings (SSSR count). The van der Waals surface area contributed by atoms with Crippen molar-refractivity contribution in [3.05, 3.63) is 33.4 Å². The molecule has 0 aromatic carbocycles. The molecule has 15 heavy (non-hydrogen) atoms. The van der Waals surface area contributed by atoms with Crippen LogP contribution in [0.5, 0.6) is 0 Å². The number of Topliss-reactive ketones (excluding diaryl/α,β-unsaturated/α-hetero) is 1. The van der Waals surface area contributed by atoms with Crippen LogP contribution >= 0.6 is 0 Å². The van der Waals surface area contributed by atoms with Crippen molar-refractivity contribution < 1.29 is 18.7 Å². The van der Waals surface area contributed by atoms with Crippen LogP contribution in [0.15, 0.2) is 15.3 Å². The summed E-state index contributed by atoms with van der Waals surface area (Å²) in [4.78, 5) is 33.6. The van der Waals surface area contributed by atoms with E-state index in [0.29, 0.717) is 0 Å². The SMILES string of the molecule is COC(=O)c1cc(=O)oc(C)c1C(C)=O. The topological polar surface area (TPSA) is 73.6 Å². The monoisotopic (exact) mass is 210 g/mol. The molecule has 5 nitrogen and oxygen atoms in total. The molecule has 80 valence electrons. The Morgan fingerprint density at radius 3 is 2.47 bits per heavy atom. The minimum atomic E-state index is -0.726. The fraction of sp³-hybridized carbons (Fsp3) is 0.300. The highest BCUT2D eigenvalue weighted by Gasteiger charge is 2.19. The summed E-state index contributed by atoms with van der Waals surface area (Å²) in [6.45, 7) is 2.74. The van der Waals surface area contributed by atoms with E-state index >= 15 is 0 Å². The van der Waals surface area contributed by atoms with Crippen LogP contribution in [-0.4, -0.2) is 18.9 Å². The van der Waals surface area contributed by atoms with Crippen LogP contribution in [0.1, 0.15) is 33.4 Å².